The SMILES string of the molecule is Cn1nccc1C(=O)NCC1(O)CCC1. The van der Waals surface area contributed by atoms with E-state index in [1.807, 2.05) is 0 Å². The Morgan fingerprint density at radius 1 is 1.73 bits per heavy atom. The zero-order valence-corrected chi connectivity index (χ0v) is 8.73. The van der Waals surface area contributed by atoms with Gasteiger partial charge in [-0.1, -0.05) is 0 Å². The van der Waals surface area contributed by atoms with Gasteiger partial charge in [-0.05, 0) is 25.3 Å². The number of nitrogens with one attached hydrogen (secondary N) is 1. The van der Waals surface area contributed by atoms with Gasteiger partial charge in [-0.3, -0.25) is 9.48 Å². The summed E-state index contributed by atoms with van der Waals surface area (Å²) in [6.45, 7) is 0.330. The highest BCUT2D eigenvalue weighted by molar-refractivity contribution is 5.92. The standard InChI is InChI=1S/C10H15N3O2/c1-13-8(3-6-12-13)9(14)11-7-10(15)4-2-5-10/h3,6,15H,2,4-5,7H2,1H3,(H,11,14). The van der Waals surface area contributed by atoms with Gasteiger partial charge in [0.05, 0.1) is 5.60 Å². The second-order valence-electron chi connectivity index (χ2n) is 4.10. The molecule has 0 atom stereocenters. The van der Waals surface area contributed by atoms with Gasteiger partial charge < -0.3 is 10.4 Å². The molecule has 1 aliphatic carbocycles. The number of nitrogens with zero attached hydrogens (tertiary/aromatic N) is 2. The van der Waals surface area contributed by atoms with Gasteiger partial charge in [0, 0.05) is 19.8 Å². The first-order chi connectivity index (χ1) is 7.11. The molecule has 1 aromatic heterocycles. The first-order valence-corrected chi connectivity index (χ1v) is 5.09. The van der Waals surface area contributed by atoms with E-state index in [4.69, 9.17) is 0 Å². The van der Waals surface area contributed by atoms with Crippen molar-refractivity contribution in [2.45, 2.75) is 24.9 Å². The summed E-state index contributed by atoms with van der Waals surface area (Å²) >= 11 is 0. The summed E-state index contributed by atoms with van der Waals surface area (Å²) in [5.74, 6) is -0.185. The molecule has 0 spiro atoms. The average Bonchev–Trinajstić information content (AvgIpc) is 2.58. The molecule has 5 heteroatoms. The third-order valence-electron chi connectivity index (χ3n) is 2.92. The Kier molecular flexibility index (Phi) is 2.48. The largest absolute Gasteiger partial charge is 0.388 e. The lowest BCUT2D eigenvalue weighted by atomic mass is 9.80. The molecule has 1 amide bonds. The van der Waals surface area contributed by atoms with Crippen LogP contribution in [0.4, 0.5) is 0 Å². The van der Waals surface area contributed by atoms with E-state index in [1.54, 1.807) is 19.3 Å². The van der Waals surface area contributed by atoms with Crippen LogP contribution in [0.15, 0.2) is 12.3 Å². The van der Waals surface area contributed by atoms with Crippen LogP contribution >= 0.6 is 0 Å². The molecule has 2 N–H and O–H groups in total. The van der Waals surface area contributed by atoms with Gasteiger partial charge >= 0.3 is 0 Å². The molecule has 15 heavy (non-hydrogen) atoms. The maximum atomic E-state index is 11.6. The van der Waals surface area contributed by atoms with E-state index >= 15 is 0 Å². The van der Waals surface area contributed by atoms with Crippen LogP contribution in [-0.2, 0) is 7.05 Å². The number of rotatable bonds is 3. The monoisotopic (exact) mass is 209 g/mol. The molecule has 1 fully saturated rings. The molecule has 0 radical (unpaired) electrons. The molecule has 0 saturated heterocycles. The number of hydrogen-bond donors (Lipinski definition) is 2. The molecule has 0 aromatic carbocycles. The predicted octanol–water partition coefficient (Wildman–Crippen LogP) is 0.0649. The quantitative estimate of drug-likeness (QED) is 0.740. The molecule has 1 aliphatic rings. The minimum atomic E-state index is -0.672. The summed E-state index contributed by atoms with van der Waals surface area (Å²) in [4.78, 5) is 11.6. The van der Waals surface area contributed by atoms with Gasteiger partial charge in [0.15, 0.2) is 0 Å². The van der Waals surface area contributed by atoms with Crippen molar-refractivity contribution in [3.05, 3.63) is 18.0 Å². The van der Waals surface area contributed by atoms with E-state index in [0.29, 0.717) is 12.2 Å². The zero-order valence-electron chi connectivity index (χ0n) is 8.73. The third kappa shape index (κ3) is 2.02. The molecule has 1 aromatic rings. The average molecular weight is 209 g/mol. The fourth-order valence-corrected chi connectivity index (χ4v) is 1.69. The Morgan fingerprint density at radius 2 is 2.47 bits per heavy atom. The minimum Gasteiger partial charge on any atom is -0.388 e. The molecule has 1 heterocycles. The number of amides is 1. The number of carbonyl (C=O) groups is 1. The van der Waals surface area contributed by atoms with Gasteiger partial charge in [-0.15, -0.1) is 0 Å². The van der Waals surface area contributed by atoms with Gasteiger partial charge in [0.1, 0.15) is 5.69 Å². The molecule has 5 nitrogen and oxygen atoms in total. The predicted molar refractivity (Wildman–Crippen MR) is 54.3 cm³/mol. The molecule has 1 saturated carbocycles. The fraction of sp³-hybridized carbons (Fsp3) is 0.600. The van der Waals surface area contributed by atoms with E-state index in [0.717, 1.165) is 19.3 Å². The van der Waals surface area contributed by atoms with Crippen molar-refractivity contribution in [3.8, 4) is 0 Å². The van der Waals surface area contributed by atoms with Gasteiger partial charge in [0.25, 0.3) is 5.91 Å². The second-order valence-corrected chi connectivity index (χ2v) is 4.10. The van der Waals surface area contributed by atoms with E-state index in [-0.39, 0.29) is 5.91 Å². The van der Waals surface area contributed by atoms with Crippen LogP contribution < -0.4 is 5.32 Å². The normalized spacial score (nSPS) is 18.3. The molecule has 2 rings (SSSR count). The van der Waals surface area contributed by atoms with Crippen LogP contribution in [0.3, 0.4) is 0 Å². The maximum absolute atomic E-state index is 11.6. The van der Waals surface area contributed by atoms with Crippen LogP contribution in [0.2, 0.25) is 0 Å². The highest BCUT2D eigenvalue weighted by Gasteiger charge is 2.34. The molecule has 0 unspecified atom stereocenters. The first-order valence-electron chi connectivity index (χ1n) is 5.09. The smallest absolute Gasteiger partial charge is 0.269 e. The van der Waals surface area contributed by atoms with Crippen molar-refractivity contribution in [2.24, 2.45) is 7.05 Å². The summed E-state index contributed by atoms with van der Waals surface area (Å²) in [6, 6.07) is 1.65. The lowest BCUT2D eigenvalue weighted by Crippen LogP contribution is -2.48. The van der Waals surface area contributed by atoms with Gasteiger partial charge in [-0.2, -0.15) is 5.10 Å². The highest BCUT2D eigenvalue weighted by atomic mass is 16.3. The van der Waals surface area contributed by atoms with E-state index in [1.165, 1.54) is 4.68 Å². The molecular weight excluding hydrogens is 194 g/mol. The summed E-state index contributed by atoms with van der Waals surface area (Å²) in [7, 11) is 1.72. The Hall–Kier alpha value is -1.36. The highest BCUT2D eigenvalue weighted by Crippen LogP contribution is 2.30. The van der Waals surface area contributed by atoms with Crippen LogP contribution in [0.5, 0.6) is 0 Å². The summed E-state index contributed by atoms with van der Waals surface area (Å²) in [5, 5.41) is 16.4. The Labute approximate surface area is 88.1 Å². The first kappa shape index (κ1) is 10.2. The molecule has 0 bridgehead atoms. The van der Waals surface area contributed by atoms with Crippen molar-refractivity contribution in [2.75, 3.05) is 6.54 Å². The Morgan fingerprint density at radius 3 is 2.93 bits per heavy atom. The number of aryl methyl sites for hydroxylation is 1. The summed E-state index contributed by atoms with van der Waals surface area (Å²) < 4.78 is 1.51. The second kappa shape index (κ2) is 3.66. The molecule has 0 aliphatic heterocycles. The van der Waals surface area contributed by atoms with Crippen LogP contribution in [0.1, 0.15) is 29.8 Å². The number of carbonyl (C=O) groups excluding carboxylic acids is 1. The van der Waals surface area contributed by atoms with E-state index in [9.17, 15) is 9.90 Å². The topological polar surface area (TPSA) is 67.2 Å². The van der Waals surface area contributed by atoms with E-state index in [2.05, 4.69) is 10.4 Å². The minimum absolute atomic E-state index is 0.185. The Balaban J connectivity index is 1.90. The summed E-state index contributed by atoms with van der Waals surface area (Å²) in [5.41, 5.74) is -0.160. The Bertz CT molecular complexity index is 368. The fourth-order valence-electron chi connectivity index (χ4n) is 1.69. The van der Waals surface area contributed by atoms with Crippen molar-refractivity contribution in [3.63, 3.8) is 0 Å². The van der Waals surface area contributed by atoms with Crippen LogP contribution in [0.25, 0.3) is 0 Å². The van der Waals surface area contributed by atoms with Gasteiger partial charge in [-0.25, -0.2) is 0 Å². The maximum Gasteiger partial charge on any atom is 0.269 e. The van der Waals surface area contributed by atoms with Crippen molar-refractivity contribution in [1.82, 2.24) is 15.1 Å². The number of aromatic nitrogens is 2. The lowest BCUT2D eigenvalue weighted by molar-refractivity contribution is -0.0301. The molecular formula is C10H15N3O2. The summed E-state index contributed by atoms with van der Waals surface area (Å²) in [6.07, 6.45) is 4.17. The van der Waals surface area contributed by atoms with Crippen molar-refractivity contribution in [1.29, 1.82) is 0 Å². The zero-order chi connectivity index (χ0) is 10.9. The van der Waals surface area contributed by atoms with Crippen molar-refractivity contribution >= 4 is 5.91 Å². The lowest BCUT2D eigenvalue weighted by Gasteiger charge is -2.36. The van der Waals surface area contributed by atoms with Crippen LogP contribution in [0, 0.1) is 0 Å². The van der Waals surface area contributed by atoms with Crippen molar-refractivity contribution < 1.29 is 9.90 Å². The number of aliphatic hydroxyl groups is 1. The van der Waals surface area contributed by atoms with E-state index < -0.39 is 5.60 Å². The third-order valence-corrected chi connectivity index (χ3v) is 2.92. The van der Waals surface area contributed by atoms with Gasteiger partial charge in [0.2, 0.25) is 0 Å². The van der Waals surface area contributed by atoms with Crippen LogP contribution in [-0.4, -0.2) is 32.9 Å². The number of hydrogen-bond acceptors (Lipinski definition) is 3. The molecule has 82 valence electrons.